The molecule has 4 nitrogen and oxygen atoms in total. The molecule has 0 aliphatic rings. The molecule has 2 aromatic carbocycles. The molecule has 1 atom stereocenters. The van der Waals surface area contributed by atoms with Gasteiger partial charge in [-0.2, -0.15) is 0 Å². The Labute approximate surface area is 141 Å². The summed E-state index contributed by atoms with van der Waals surface area (Å²) in [6, 6.07) is 13.5. The van der Waals surface area contributed by atoms with Crippen LogP contribution in [-0.4, -0.2) is 18.0 Å². The van der Waals surface area contributed by atoms with Crippen molar-refractivity contribution < 1.29 is 14.3 Å². The van der Waals surface area contributed by atoms with Crippen molar-refractivity contribution in [2.24, 2.45) is 0 Å². The lowest BCUT2D eigenvalue weighted by Crippen LogP contribution is -2.29. The topological polar surface area (TPSA) is 55.4 Å². The third-order valence-corrected chi connectivity index (χ3v) is 3.59. The van der Waals surface area contributed by atoms with Crippen LogP contribution >= 0.6 is 27.5 Å². The molecule has 114 valence electrons. The van der Waals surface area contributed by atoms with Crippen molar-refractivity contribution >= 4 is 45.1 Å². The maximum atomic E-state index is 12.0. The van der Waals surface area contributed by atoms with E-state index in [1.807, 2.05) is 0 Å². The van der Waals surface area contributed by atoms with E-state index < -0.39 is 18.0 Å². The van der Waals surface area contributed by atoms with Crippen molar-refractivity contribution in [3.63, 3.8) is 0 Å². The van der Waals surface area contributed by atoms with Crippen LogP contribution in [0.5, 0.6) is 0 Å². The molecule has 0 saturated heterocycles. The van der Waals surface area contributed by atoms with Crippen LogP contribution < -0.4 is 5.32 Å². The zero-order valence-electron chi connectivity index (χ0n) is 11.7. The van der Waals surface area contributed by atoms with E-state index in [4.69, 9.17) is 16.3 Å². The van der Waals surface area contributed by atoms with E-state index in [1.54, 1.807) is 42.5 Å². The molecule has 0 aromatic heterocycles. The average molecular weight is 383 g/mol. The summed E-state index contributed by atoms with van der Waals surface area (Å²) in [5.74, 6) is -1.00. The number of halogens is 2. The largest absolute Gasteiger partial charge is 0.449 e. The molecule has 0 heterocycles. The van der Waals surface area contributed by atoms with Crippen LogP contribution in [0.1, 0.15) is 17.3 Å². The van der Waals surface area contributed by atoms with E-state index >= 15 is 0 Å². The Bertz CT molecular complexity index is 688. The summed E-state index contributed by atoms with van der Waals surface area (Å²) in [7, 11) is 0. The monoisotopic (exact) mass is 381 g/mol. The van der Waals surface area contributed by atoms with Crippen molar-refractivity contribution in [2.75, 3.05) is 5.32 Å². The fourth-order valence-electron chi connectivity index (χ4n) is 1.67. The summed E-state index contributed by atoms with van der Waals surface area (Å²) in [5, 5.41) is 3.11. The molecule has 2 aromatic rings. The van der Waals surface area contributed by atoms with Crippen molar-refractivity contribution in [3.05, 3.63) is 63.6 Å². The van der Waals surface area contributed by atoms with E-state index in [9.17, 15) is 9.59 Å². The summed E-state index contributed by atoms with van der Waals surface area (Å²) in [4.78, 5) is 23.9. The second kappa shape index (κ2) is 7.42. The number of amides is 1. The van der Waals surface area contributed by atoms with Crippen LogP contribution in [0.4, 0.5) is 5.69 Å². The second-order valence-corrected chi connectivity index (χ2v) is 5.91. The molecule has 0 aliphatic heterocycles. The van der Waals surface area contributed by atoms with Gasteiger partial charge in [-0.15, -0.1) is 0 Å². The Morgan fingerprint density at radius 3 is 2.50 bits per heavy atom. The minimum absolute atomic E-state index is 0.302. The van der Waals surface area contributed by atoms with Crippen molar-refractivity contribution in [1.29, 1.82) is 0 Å². The summed E-state index contributed by atoms with van der Waals surface area (Å²) >= 11 is 9.13. The number of hydrogen-bond donors (Lipinski definition) is 1. The Kier molecular flexibility index (Phi) is 5.57. The van der Waals surface area contributed by atoms with Gasteiger partial charge in [0.2, 0.25) is 0 Å². The molecule has 0 aliphatic carbocycles. The number of hydrogen-bond acceptors (Lipinski definition) is 3. The average Bonchev–Trinajstić information content (AvgIpc) is 2.49. The first kappa shape index (κ1) is 16.5. The zero-order chi connectivity index (χ0) is 16.1. The van der Waals surface area contributed by atoms with Crippen LogP contribution in [0.2, 0.25) is 5.02 Å². The summed E-state index contributed by atoms with van der Waals surface area (Å²) in [6.07, 6.45) is -0.921. The van der Waals surface area contributed by atoms with E-state index in [2.05, 4.69) is 21.2 Å². The summed E-state index contributed by atoms with van der Waals surface area (Å²) < 4.78 is 6.04. The van der Waals surface area contributed by atoms with E-state index in [0.29, 0.717) is 16.3 Å². The number of carbonyl (C=O) groups is 2. The number of rotatable bonds is 4. The van der Waals surface area contributed by atoms with Crippen molar-refractivity contribution in [2.45, 2.75) is 13.0 Å². The highest BCUT2D eigenvalue weighted by molar-refractivity contribution is 9.10. The fourth-order valence-corrected chi connectivity index (χ4v) is 2.13. The van der Waals surface area contributed by atoms with Crippen LogP contribution in [-0.2, 0) is 9.53 Å². The smallest absolute Gasteiger partial charge is 0.338 e. The van der Waals surface area contributed by atoms with Crippen molar-refractivity contribution in [3.8, 4) is 0 Å². The Hall–Kier alpha value is -1.85. The zero-order valence-corrected chi connectivity index (χ0v) is 14.0. The maximum Gasteiger partial charge on any atom is 0.338 e. The van der Waals surface area contributed by atoms with Gasteiger partial charge < -0.3 is 10.1 Å². The SMILES string of the molecule is C[C@H](OC(=O)c1cccc(Cl)c1)C(=O)Nc1ccc(Br)cc1. The maximum absolute atomic E-state index is 12.0. The highest BCUT2D eigenvalue weighted by atomic mass is 79.9. The van der Waals surface area contributed by atoms with Gasteiger partial charge in [0.1, 0.15) is 0 Å². The normalized spacial score (nSPS) is 11.6. The van der Waals surface area contributed by atoms with E-state index in [0.717, 1.165) is 4.47 Å². The molecular weight excluding hydrogens is 370 g/mol. The third-order valence-electron chi connectivity index (χ3n) is 2.83. The number of benzene rings is 2. The van der Waals surface area contributed by atoms with Gasteiger partial charge in [0, 0.05) is 15.2 Å². The molecule has 0 spiro atoms. The van der Waals surface area contributed by atoms with Gasteiger partial charge in [-0.05, 0) is 49.4 Å². The first-order chi connectivity index (χ1) is 10.5. The van der Waals surface area contributed by atoms with Gasteiger partial charge in [0.25, 0.3) is 5.91 Å². The van der Waals surface area contributed by atoms with Crippen LogP contribution in [0.25, 0.3) is 0 Å². The quantitative estimate of drug-likeness (QED) is 0.803. The molecule has 1 amide bonds. The van der Waals surface area contributed by atoms with Crippen molar-refractivity contribution in [1.82, 2.24) is 0 Å². The molecule has 0 unspecified atom stereocenters. The molecule has 2 rings (SSSR count). The van der Waals surface area contributed by atoms with Gasteiger partial charge in [-0.1, -0.05) is 33.6 Å². The highest BCUT2D eigenvalue weighted by Gasteiger charge is 2.19. The van der Waals surface area contributed by atoms with E-state index in [-0.39, 0.29) is 0 Å². The number of ether oxygens (including phenoxy) is 1. The molecule has 6 heteroatoms. The number of esters is 1. The van der Waals surface area contributed by atoms with Gasteiger partial charge in [0.05, 0.1) is 5.56 Å². The fraction of sp³-hybridized carbons (Fsp3) is 0.125. The molecule has 22 heavy (non-hydrogen) atoms. The summed E-state index contributed by atoms with van der Waals surface area (Å²) in [6.45, 7) is 1.51. The van der Waals surface area contributed by atoms with Gasteiger partial charge in [-0.25, -0.2) is 4.79 Å². The lowest BCUT2D eigenvalue weighted by Gasteiger charge is -2.13. The molecule has 1 N–H and O–H groups in total. The third kappa shape index (κ3) is 4.58. The lowest BCUT2D eigenvalue weighted by molar-refractivity contribution is -0.123. The second-order valence-electron chi connectivity index (χ2n) is 4.55. The molecule has 0 bridgehead atoms. The van der Waals surface area contributed by atoms with Gasteiger partial charge >= 0.3 is 5.97 Å². The Morgan fingerprint density at radius 1 is 1.18 bits per heavy atom. The van der Waals surface area contributed by atoms with Crippen LogP contribution in [0, 0.1) is 0 Å². The van der Waals surface area contributed by atoms with Crippen LogP contribution in [0.15, 0.2) is 53.0 Å². The molecular formula is C16H13BrClNO3. The Morgan fingerprint density at radius 2 is 1.86 bits per heavy atom. The molecule has 0 saturated carbocycles. The number of anilines is 1. The molecule has 0 fully saturated rings. The first-order valence-corrected chi connectivity index (χ1v) is 7.66. The minimum Gasteiger partial charge on any atom is -0.449 e. The lowest BCUT2D eigenvalue weighted by atomic mass is 10.2. The first-order valence-electron chi connectivity index (χ1n) is 6.48. The highest BCUT2D eigenvalue weighted by Crippen LogP contribution is 2.15. The predicted octanol–water partition coefficient (Wildman–Crippen LogP) is 4.29. The number of nitrogens with one attached hydrogen (secondary N) is 1. The predicted molar refractivity (Wildman–Crippen MR) is 89.1 cm³/mol. The van der Waals surface area contributed by atoms with Gasteiger partial charge in [-0.3, -0.25) is 4.79 Å². The molecule has 0 radical (unpaired) electrons. The standard InChI is InChI=1S/C16H13BrClNO3/c1-10(15(20)19-14-7-5-12(17)6-8-14)22-16(21)11-3-2-4-13(18)9-11/h2-10H,1H3,(H,19,20)/t10-/m0/s1. The Balaban J connectivity index is 1.96. The van der Waals surface area contributed by atoms with Crippen LogP contribution in [0.3, 0.4) is 0 Å². The summed E-state index contributed by atoms with van der Waals surface area (Å²) in [5.41, 5.74) is 0.926. The minimum atomic E-state index is -0.921. The van der Waals surface area contributed by atoms with E-state index in [1.165, 1.54) is 13.0 Å². The van der Waals surface area contributed by atoms with Gasteiger partial charge in [0.15, 0.2) is 6.10 Å². The number of carbonyl (C=O) groups excluding carboxylic acids is 2.